The Labute approximate surface area is 186 Å². The molecule has 32 heavy (non-hydrogen) atoms. The Morgan fingerprint density at radius 1 is 1.19 bits per heavy atom. The number of nitrogens with zero attached hydrogens (tertiary/aromatic N) is 4. The summed E-state index contributed by atoms with van der Waals surface area (Å²) >= 11 is 0. The van der Waals surface area contributed by atoms with Crippen LogP contribution in [-0.4, -0.2) is 65.0 Å². The molecule has 1 unspecified atom stereocenters. The molecule has 1 saturated heterocycles. The first-order chi connectivity index (χ1) is 15.3. The average molecular weight is 456 g/mol. The number of benzene rings is 1. The third-order valence-corrected chi connectivity index (χ3v) is 7.72. The van der Waals surface area contributed by atoms with E-state index in [4.69, 9.17) is 0 Å². The SMILES string of the molecule is CC(=O)N(C)C1CCN(S(=O)(=O)c2ccc(CNC(=O)c3ccc4nccn4c3)cc2)C1. The average Bonchev–Trinajstić information content (AvgIpc) is 3.46. The molecule has 10 heteroatoms. The molecular weight excluding hydrogens is 430 g/mol. The fourth-order valence-electron chi connectivity index (χ4n) is 3.77. The number of hydrogen-bond donors (Lipinski definition) is 1. The lowest BCUT2D eigenvalue weighted by atomic mass is 10.2. The van der Waals surface area contributed by atoms with E-state index < -0.39 is 10.0 Å². The molecule has 1 atom stereocenters. The van der Waals surface area contributed by atoms with Crippen molar-refractivity contribution in [3.8, 4) is 0 Å². The maximum absolute atomic E-state index is 13.0. The number of pyridine rings is 1. The predicted molar refractivity (Wildman–Crippen MR) is 118 cm³/mol. The van der Waals surface area contributed by atoms with E-state index in [1.165, 1.54) is 11.2 Å². The summed E-state index contributed by atoms with van der Waals surface area (Å²) in [6.45, 7) is 2.42. The zero-order chi connectivity index (χ0) is 22.9. The van der Waals surface area contributed by atoms with E-state index in [-0.39, 0.29) is 35.8 Å². The molecule has 0 saturated carbocycles. The molecule has 3 aromatic rings. The van der Waals surface area contributed by atoms with Crippen molar-refractivity contribution in [2.75, 3.05) is 20.1 Å². The van der Waals surface area contributed by atoms with Crippen molar-refractivity contribution >= 4 is 27.5 Å². The van der Waals surface area contributed by atoms with Gasteiger partial charge in [0.2, 0.25) is 15.9 Å². The second-order valence-corrected chi connectivity index (χ2v) is 9.81. The van der Waals surface area contributed by atoms with E-state index in [1.54, 1.807) is 71.3 Å². The van der Waals surface area contributed by atoms with E-state index in [0.29, 0.717) is 18.5 Å². The Morgan fingerprint density at radius 2 is 1.94 bits per heavy atom. The van der Waals surface area contributed by atoms with Gasteiger partial charge in [0.05, 0.1) is 10.5 Å². The Morgan fingerprint density at radius 3 is 2.66 bits per heavy atom. The third-order valence-electron chi connectivity index (χ3n) is 5.84. The maximum atomic E-state index is 13.0. The quantitative estimate of drug-likeness (QED) is 0.607. The molecule has 1 aliphatic heterocycles. The van der Waals surface area contributed by atoms with Gasteiger partial charge in [0.25, 0.3) is 5.91 Å². The normalized spacial score (nSPS) is 16.9. The van der Waals surface area contributed by atoms with Gasteiger partial charge in [-0.2, -0.15) is 4.31 Å². The van der Waals surface area contributed by atoms with Gasteiger partial charge in [-0.15, -0.1) is 0 Å². The van der Waals surface area contributed by atoms with Crippen LogP contribution >= 0.6 is 0 Å². The predicted octanol–water partition coefficient (Wildman–Crippen LogP) is 1.51. The van der Waals surface area contributed by atoms with Crippen molar-refractivity contribution < 1.29 is 18.0 Å². The van der Waals surface area contributed by atoms with Crippen molar-refractivity contribution in [2.24, 2.45) is 0 Å². The number of sulfonamides is 1. The number of imidazole rings is 1. The van der Waals surface area contributed by atoms with Crippen molar-refractivity contribution in [1.82, 2.24) is 23.9 Å². The van der Waals surface area contributed by atoms with E-state index in [0.717, 1.165) is 11.2 Å². The van der Waals surface area contributed by atoms with Gasteiger partial charge in [-0.1, -0.05) is 12.1 Å². The summed E-state index contributed by atoms with van der Waals surface area (Å²) in [6, 6.07) is 9.86. The van der Waals surface area contributed by atoms with Gasteiger partial charge in [0, 0.05) is 58.2 Å². The minimum absolute atomic E-state index is 0.0782. The van der Waals surface area contributed by atoms with E-state index >= 15 is 0 Å². The summed E-state index contributed by atoms with van der Waals surface area (Å²) in [4.78, 5) is 29.9. The summed E-state index contributed by atoms with van der Waals surface area (Å²) in [5, 5.41) is 2.84. The highest BCUT2D eigenvalue weighted by Crippen LogP contribution is 2.23. The van der Waals surface area contributed by atoms with Crippen LogP contribution in [0.5, 0.6) is 0 Å². The number of likely N-dealkylation sites (N-methyl/N-ethyl adjacent to an activating group) is 1. The van der Waals surface area contributed by atoms with Crippen LogP contribution in [0.25, 0.3) is 5.65 Å². The fourth-order valence-corrected chi connectivity index (χ4v) is 5.26. The molecule has 1 aliphatic rings. The second kappa shape index (κ2) is 8.71. The van der Waals surface area contributed by atoms with Crippen LogP contribution in [0.4, 0.5) is 0 Å². The Hall–Kier alpha value is -3.24. The van der Waals surface area contributed by atoms with Gasteiger partial charge >= 0.3 is 0 Å². The lowest BCUT2D eigenvalue weighted by Gasteiger charge is -2.23. The van der Waals surface area contributed by atoms with Gasteiger partial charge in [-0.05, 0) is 36.2 Å². The highest BCUT2D eigenvalue weighted by atomic mass is 32.2. The number of hydrogen-bond acceptors (Lipinski definition) is 5. The van der Waals surface area contributed by atoms with Crippen molar-refractivity contribution in [3.63, 3.8) is 0 Å². The van der Waals surface area contributed by atoms with E-state index in [1.807, 2.05) is 0 Å². The molecule has 1 aromatic carbocycles. The molecule has 9 nitrogen and oxygen atoms in total. The monoisotopic (exact) mass is 455 g/mol. The van der Waals surface area contributed by atoms with Crippen LogP contribution in [0.3, 0.4) is 0 Å². The smallest absolute Gasteiger partial charge is 0.253 e. The summed E-state index contributed by atoms with van der Waals surface area (Å²) in [5.74, 6) is -0.305. The summed E-state index contributed by atoms with van der Waals surface area (Å²) in [7, 11) is -1.94. The standard InChI is InChI=1S/C22H25N5O4S/c1-16(28)25(2)19-9-11-27(15-19)32(30,31)20-6-3-17(4-7-20)13-24-22(29)18-5-8-21-23-10-12-26(21)14-18/h3-8,10,12,14,19H,9,11,13,15H2,1-2H3,(H,24,29). The van der Waals surface area contributed by atoms with Gasteiger partial charge in [0.1, 0.15) is 5.65 Å². The molecule has 168 valence electrons. The highest BCUT2D eigenvalue weighted by molar-refractivity contribution is 7.89. The zero-order valence-electron chi connectivity index (χ0n) is 17.9. The number of nitrogens with one attached hydrogen (secondary N) is 1. The topological polar surface area (TPSA) is 104 Å². The van der Waals surface area contributed by atoms with Gasteiger partial charge in [-0.3, -0.25) is 9.59 Å². The molecule has 2 aromatic heterocycles. The molecule has 1 fully saturated rings. The lowest BCUT2D eigenvalue weighted by molar-refractivity contribution is -0.129. The van der Waals surface area contributed by atoms with Crippen LogP contribution < -0.4 is 5.32 Å². The first kappa shape index (κ1) is 22.0. The van der Waals surface area contributed by atoms with Crippen molar-refractivity contribution in [3.05, 3.63) is 66.1 Å². The molecule has 4 rings (SSSR count). The Kier molecular flexibility index (Phi) is 5.98. The number of fused-ring (bicyclic) bond motifs is 1. The molecule has 1 N–H and O–H groups in total. The lowest BCUT2D eigenvalue weighted by Crippen LogP contribution is -2.38. The molecule has 0 radical (unpaired) electrons. The van der Waals surface area contributed by atoms with Crippen molar-refractivity contribution in [2.45, 2.75) is 30.8 Å². The largest absolute Gasteiger partial charge is 0.348 e. The first-order valence-electron chi connectivity index (χ1n) is 10.3. The molecule has 0 spiro atoms. The number of carbonyl (C=O) groups excluding carboxylic acids is 2. The minimum atomic E-state index is -3.64. The number of carbonyl (C=O) groups is 2. The van der Waals surface area contributed by atoms with Gasteiger partial charge < -0.3 is 14.6 Å². The molecule has 3 heterocycles. The highest BCUT2D eigenvalue weighted by Gasteiger charge is 2.34. The van der Waals surface area contributed by atoms with Crippen LogP contribution in [0.2, 0.25) is 0 Å². The summed E-state index contributed by atoms with van der Waals surface area (Å²) < 4.78 is 29.1. The van der Waals surface area contributed by atoms with E-state index in [9.17, 15) is 18.0 Å². The fraction of sp³-hybridized carbons (Fsp3) is 0.318. The summed E-state index contributed by atoms with van der Waals surface area (Å²) in [6.07, 6.45) is 5.76. The number of amides is 2. The zero-order valence-corrected chi connectivity index (χ0v) is 18.7. The van der Waals surface area contributed by atoms with Crippen molar-refractivity contribution in [1.29, 1.82) is 0 Å². The van der Waals surface area contributed by atoms with Crippen LogP contribution in [0, 0.1) is 0 Å². The molecular formula is C22H25N5O4S. The van der Waals surface area contributed by atoms with E-state index in [2.05, 4.69) is 10.3 Å². The van der Waals surface area contributed by atoms with Gasteiger partial charge in [0.15, 0.2) is 0 Å². The minimum Gasteiger partial charge on any atom is -0.348 e. The van der Waals surface area contributed by atoms with Gasteiger partial charge in [-0.25, -0.2) is 13.4 Å². The Balaban J connectivity index is 1.38. The maximum Gasteiger partial charge on any atom is 0.253 e. The number of aromatic nitrogens is 2. The molecule has 2 amide bonds. The third kappa shape index (κ3) is 4.37. The van der Waals surface area contributed by atoms with Crippen LogP contribution in [0.15, 0.2) is 59.9 Å². The Bertz CT molecular complexity index is 1250. The molecule has 0 bridgehead atoms. The first-order valence-corrected chi connectivity index (χ1v) is 11.7. The number of rotatable bonds is 6. The second-order valence-electron chi connectivity index (χ2n) is 7.87. The van der Waals surface area contributed by atoms with Crippen LogP contribution in [0.1, 0.15) is 29.3 Å². The van der Waals surface area contributed by atoms with Crippen LogP contribution in [-0.2, 0) is 21.4 Å². The summed E-state index contributed by atoms with van der Waals surface area (Å²) in [5.41, 5.74) is 2.06. The molecule has 0 aliphatic carbocycles.